The Kier molecular flexibility index (Phi) is 4.67. The summed E-state index contributed by atoms with van der Waals surface area (Å²) >= 11 is 0. The lowest BCUT2D eigenvalue weighted by molar-refractivity contribution is 0.273. The molecule has 2 heterocycles. The summed E-state index contributed by atoms with van der Waals surface area (Å²) in [6.45, 7) is 2.06. The van der Waals surface area contributed by atoms with Crippen molar-refractivity contribution in [3.63, 3.8) is 0 Å². The van der Waals surface area contributed by atoms with Crippen LogP contribution in [-0.4, -0.2) is 38.3 Å². The van der Waals surface area contributed by atoms with Gasteiger partial charge in [-0.3, -0.25) is 0 Å². The molecule has 2 N–H and O–H groups in total. The van der Waals surface area contributed by atoms with Crippen molar-refractivity contribution < 1.29 is 9.84 Å². The Bertz CT molecular complexity index is 1180. The third-order valence-corrected chi connectivity index (χ3v) is 4.76. The molecule has 0 spiro atoms. The maximum Gasteiger partial charge on any atom is 0.332 e. The number of aliphatic hydroxyl groups excluding tert-OH is 1. The molecule has 1 unspecified atom stereocenters. The van der Waals surface area contributed by atoms with Crippen LogP contribution in [-0.2, 0) is 0 Å². The molecule has 1 atom stereocenters. The zero-order chi connectivity index (χ0) is 19.7. The number of methoxy groups -OCH3 is 1. The van der Waals surface area contributed by atoms with Gasteiger partial charge in [0.15, 0.2) is 11.5 Å². The van der Waals surface area contributed by atoms with Crippen LogP contribution in [0.4, 0.5) is 0 Å². The van der Waals surface area contributed by atoms with E-state index in [1.165, 1.54) is 4.57 Å². The van der Waals surface area contributed by atoms with Gasteiger partial charge < -0.3 is 14.8 Å². The van der Waals surface area contributed by atoms with E-state index in [0.29, 0.717) is 28.4 Å². The highest BCUT2D eigenvalue weighted by molar-refractivity contribution is 5.75. The summed E-state index contributed by atoms with van der Waals surface area (Å²) in [6.07, 6.45) is 1.61. The van der Waals surface area contributed by atoms with Crippen LogP contribution in [0, 0.1) is 0 Å². The molecular weight excluding hydrogens is 356 g/mol. The lowest BCUT2D eigenvalue weighted by atomic mass is 10.0. The van der Waals surface area contributed by atoms with Gasteiger partial charge in [-0.2, -0.15) is 0 Å². The quantitative estimate of drug-likeness (QED) is 0.559. The number of H-pyrrole nitrogens is 1. The molecule has 7 nitrogen and oxygen atoms in total. The van der Waals surface area contributed by atoms with Gasteiger partial charge in [0.25, 0.3) is 0 Å². The number of hydrogen-bond acceptors (Lipinski definition) is 5. The summed E-state index contributed by atoms with van der Waals surface area (Å²) in [5.74, 6) is 1.16. The van der Waals surface area contributed by atoms with Gasteiger partial charge >= 0.3 is 5.69 Å². The normalized spacial score (nSPS) is 12.2. The zero-order valence-electron chi connectivity index (χ0n) is 15.6. The first-order valence-electron chi connectivity index (χ1n) is 8.94. The van der Waals surface area contributed by atoms with Gasteiger partial charge in [0, 0.05) is 18.1 Å². The first-order chi connectivity index (χ1) is 13.6. The molecular formula is C21H20N4O3. The van der Waals surface area contributed by atoms with Gasteiger partial charge in [0.05, 0.1) is 19.0 Å². The van der Waals surface area contributed by atoms with Crippen molar-refractivity contribution in [1.29, 1.82) is 0 Å². The maximum atomic E-state index is 12.6. The predicted molar refractivity (Wildman–Crippen MR) is 107 cm³/mol. The Morgan fingerprint density at radius 1 is 1.18 bits per heavy atom. The number of para-hydroxylation sites is 2. The zero-order valence-corrected chi connectivity index (χ0v) is 15.6. The van der Waals surface area contributed by atoms with Crippen molar-refractivity contribution >= 4 is 11.2 Å². The molecule has 2 aromatic heterocycles. The van der Waals surface area contributed by atoms with E-state index in [2.05, 4.69) is 15.0 Å². The lowest BCUT2D eigenvalue weighted by Crippen LogP contribution is -2.15. The number of imidazole rings is 1. The summed E-state index contributed by atoms with van der Waals surface area (Å²) in [4.78, 5) is 24.4. The van der Waals surface area contributed by atoms with E-state index in [-0.39, 0.29) is 18.2 Å². The van der Waals surface area contributed by atoms with Crippen molar-refractivity contribution in [1.82, 2.24) is 19.5 Å². The van der Waals surface area contributed by atoms with Gasteiger partial charge in [-0.15, -0.1) is 0 Å². The molecule has 0 aliphatic carbocycles. The number of rotatable bonds is 5. The smallest absolute Gasteiger partial charge is 0.332 e. The summed E-state index contributed by atoms with van der Waals surface area (Å²) in [5, 5.41) is 9.31. The van der Waals surface area contributed by atoms with Crippen LogP contribution in [0.1, 0.15) is 18.4 Å². The molecule has 0 radical (unpaired) electrons. The molecule has 0 fully saturated rings. The molecule has 0 saturated heterocycles. The minimum absolute atomic E-state index is 0.0675. The summed E-state index contributed by atoms with van der Waals surface area (Å²) < 4.78 is 6.88. The van der Waals surface area contributed by atoms with Crippen molar-refractivity contribution in [3.8, 4) is 22.8 Å². The van der Waals surface area contributed by atoms with Crippen molar-refractivity contribution in [2.24, 2.45) is 0 Å². The van der Waals surface area contributed by atoms with Crippen LogP contribution in [0.2, 0.25) is 0 Å². The second kappa shape index (κ2) is 7.28. The Morgan fingerprint density at radius 2 is 1.93 bits per heavy atom. The van der Waals surface area contributed by atoms with Crippen LogP contribution in [0.15, 0.2) is 59.5 Å². The van der Waals surface area contributed by atoms with Crippen LogP contribution in [0.5, 0.6) is 5.75 Å². The second-order valence-corrected chi connectivity index (χ2v) is 6.57. The maximum absolute atomic E-state index is 12.6. The van der Waals surface area contributed by atoms with E-state index < -0.39 is 0 Å². The van der Waals surface area contributed by atoms with Crippen molar-refractivity contribution in [2.45, 2.75) is 12.8 Å². The summed E-state index contributed by atoms with van der Waals surface area (Å²) in [7, 11) is 1.56. The highest BCUT2D eigenvalue weighted by Crippen LogP contribution is 2.25. The van der Waals surface area contributed by atoms with E-state index in [1.54, 1.807) is 25.4 Å². The molecule has 0 saturated carbocycles. The van der Waals surface area contributed by atoms with E-state index in [9.17, 15) is 9.90 Å². The monoisotopic (exact) mass is 376 g/mol. The second-order valence-electron chi connectivity index (χ2n) is 6.57. The Morgan fingerprint density at radius 3 is 2.64 bits per heavy atom. The highest BCUT2D eigenvalue weighted by atomic mass is 16.5. The lowest BCUT2D eigenvalue weighted by Gasteiger charge is -2.10. The summed E-state index contributed by atoms with van der Waals surface area (Å²) in [6, 6.07) is 15.0. The molecule has 0 aliphatic heterocycles. The Hall–Kier alpha value is -3.45. The fraction of sp³-hybridized carbons (Fsp3) is 0.190. The molecule has 7 heteroatoms. The van der Waals surface area contributed by atoms with E-state index in [4.69, 9.17) is 4.74 Å². The Labute approximate surface area is 161 Å². The Balaban J connectivity index is 1.84. The summed E-state index contributed by atoms with van der Waals surface area (Å²) in [5.41, 5.74) is 3.20. The van der Waals surface area contributed by atoms with Crippen LogP contribution in [0.3, 0.4) is 0 Å². The van der Waals surface area contributed by atoms with Crippen molar-refractivity contribution in [2.75, 3.05) is 13.7 Å². The van der Waals surface area contributed by atoms with Crippen LogP contribution < -0.4 is 10.4 Å². The standard InChI is InChI=1S/C21H20N4O3/c1-13(12-26)14-7-9-15(10-8-14)19-22-11-16-20(24-19)25(21(27)23-16)17-5-3-4-6-18(17)28-2/h3-11,13,26H,12H2,1-2H3,(H,23,27). The van der Waals surface area contributed by atoms with Crippen molar-refractivity contribution in [3.05, 3.63) is 70.8 Å². The molecule has 0 amide bonds. The van der Waals surface area contributed by atoms with E-state index >= 15 is 0 Å². The number of aromatic amines is 1. The molecule has 4 rings (SSSR count). The number of nitrogens with one attached hydrogen (secondary N) is 1. The number of aromatic nitrogens is 4. The average Bonchev–Trinajstić information content (AvgIpc) is 3.07. The minimum Gasteiger partial charge on any atom is -0.495 e. The van der Waals surface area contributed by atoms with Gasteiger partial charge in [-0.05, 0) is 17.7 Å². The molecule has 2 aromatic carbocycles. The average molecular weight is 376 g/mol. The predicted octanol–water partition coefficient (Wildman–Crippen LogP) is 2.88. The number of benzene rings is 2. The fourth-order valence-corrected chi connectivity index (χ4v) is 3.14. The van der Waals surface area contributed by atoms with Gasteiger partial charge in [0.2, 0.25) is 0 Å². The van der Waals surface area contributed by atoms with Gasteiger partial charge in [-0.1, -0.05) is 43.3 Å². The van der Waals surface area contributed by atoms with Gasteiger partial charge in [0.1, 0.15) is 11.3 Å². The number of ether oxygens (including phenoxy) is 1. The SMILES string of the molecule is COc1ccccc1-n1c(=O)[nH]c2cnc(-c3ccc(C(C)CO)cc3)nc21. The molecule has 0 aliphatic rings. The third-order valence-electron chi connectivity index (χ3n) is 4.76. The molecule has 142 valence electrons. The first-order valence-corrected chi connectivity index (χ1v) is 8.94. The number of hydrogen-bond donors (Lipinski definition) is 2. The van der Waals surface area contributed by atoms with Crippen LogP contribution >= 0.6 is 0 Å². The van der Waals surface area contributed by atoms with E-state index in [1.807, 2.05) is 43.3 Å². The minimum atomic E-state index is -0.307. The topological polar surface area (TPSA) is 93.0 Å². The fourth-order valence-electron chi connectivity index (χ4n) is 3.14. The molecule has 0 bridgehead atoms. The molecule has 4 aromatic rings. The van der Waals surface area contributed by atoms with Crippen LogP contribution in [0.25, 0.3) is 28.2 Å². The highest BCUT2D eigenvalue weighted by Gasteiger charge is 2.15. The number of fused-ring (bicyclic) bond motifs is 1. The van der Waals surface area contributed by atoms with E-state index in [0.717, 1.165) is 11.1 Å². The largest absolute Gasteiger partial charge is 0.495 e. The first kappa shape index (κ1) is 17.9. The molecule has 28 heavy (non-hydrogen) atoms. The number of aliphatic hydroxyl groups is 1. The van der Waals surface area contributed by atoms with Gasteiger partial charge in [-0.25, -0.2) is 19.3 Å². The third kappa shape index (κ3) is 3.05. The number of nitrogens with zero attached hydrogens (tertiary/aromatic N) is 3.